The maximum atomic E-state index is 5.21. The van der Waals surface area contributed by atoms with Gasteiger partial charge >= 0.3 is 9.53 Å². The maximum Gasteiger partial charge on any atom is 0.483 e. The predicted molar refractivity (Wildman–Crippen MR) is 60.4 cm³/mol. The Hall–Kier alpha value is 0.0169. The van der Waals surface area contributed by atoms with Crippen LogP contribution in [-0.2, 0) is 13.3 Å². The number of nitrogens with two attached hydrogens (primary N) is 1. The molecular weight excluding hydrogens is 200 g/mol. The van der Waals surface area contributed by atoms with Gasteiger partial charge in [-0.1, -0.05) is 6.92 Å². The summed E-state index contributed by atoms with van der Waals surface area (Å²) in [6, 6.07) is 0. The Morgan fingerprint density at radius 2 is 1.57 bits per heavy atom. The molecule has 0 aromatic rings. The van der Waals surface area contributed by atoms with Crippen molar-refractivity contribution in [3.05, 3.63) is 0 Å². The van der Waals surface area contributed by atoms with Gasteiger partial charge < -0.3 is 24.3 Å². The highest BCUT2D eigenvalue weighted by Gasteiger charge is 2.04. The first kappa shape index (κ1) is 16.4. The second-order valence-corrected chi connectivity index (χ2v) is 4.53. The molecule has 6 heteroatoms. The number of rotatable bonds is 7. The molecule has 3 N–H and O–H groups in total. The van der Waals surface area contributed by atoms with Crippen LogP contribution in [0.2, 0.25) is 0 Å². The van der Waals surface area contributed by atoms with E-state index in [2.05, 4.69) is 12.2 Å². The largest absolute Gasteiger partial charge is 0.483 e. The van der Waals surface area contributed by atoms with Gasteiger partial charge in [-0.3, -0.25) is 0 Å². The fraction of sp³-hybridized carbons (Fsp3) is 1.00. The molecule has 0 heterocycles. The molecule has 0 fully saturated rings. The molecule has 0 aliphatic rings. The van der Waals surface area contributed by atoms with Crippen molar-refractivity contribution in [2.24, 2.45) is 5.73 Å². The summed E-state index contributed by atoms with van der Waals surface area (Å²) >= 11 is 0. The summed E-state index contributed by atoms with van der Waals surface area (Å²) in [5.41, 5.74) is 5.21. The molecule has 0 aliphatic carbocycles. The van der Waals surface area contributed by atoms with Crippen molar-refractivity contribution in [2.75, 3.05) is 41.0 Å². The average molecular weight is 224 g/mol. The molecule has 0 aliphatic heterocycles. The van der Waals surface area contributed by atoms with Crippen molar-refractivity contribution in [1.82, 2.24) is 5.32 Å². The Labute approximate surface area is 88.9 Å². The maximum absolute atomic E-state index is 5.21. The van der Waals surface area contributed by atoms with Gasteiger partial charge in [-0.05, 0) is 13.0 Å². The first-order valence-electron chi connectivity index (χ1n) is 4.75. The highest BCUT2D eigenvalue weighted by atomic mass is 28.3. The minimum absolute atomic E-state index is 0.750. The monoisotopic (exact) mass is 224 g/mol. The summed E-state index contributed by atoms with van der Waals surface area (Å²) in [5, 5.41) is 3.16. The summed E-state index contributed by atoms with van der Waals surface area (Å²) in [5.74, 6) is 0. The van der Waals surface area contributed by atoms with Gasteiger partial charge in [0.05, 0.1) is 0 Å². The summed E-state index contributed by atoms with van der Waals surface area (Å²) in [6.07, 6.45) is 1.19. The van der Waals surface area contributed by atoms with Crippen LogP contribution in [0.3, 0.4) is 0 Å². The Morgan fingerprint density at radius 3 is 1.79 bits per heavy atom. The van der Waals surface area contributed by atoms with Crippen molar-refractivity contribution in [3.8, 4) is 0 Å². The lowest BCUT2D eigenvalue weighted by Crippen LogP contribution is -2.22. The van der Waals surface area contributed by atoms with Gasteiger partial charge in [-0.25, -0.2) is 0 Å². The smallest absolute Gasteiger partial charge is 0.379 e. The fourth-order valence-electron chi connectivity index (χ4n) is 0.693. The molecule has 88 valence electrons. The van der Waals surface area contributed by atoms with Gasteiger partial charge in [0.25, 0.3) is 0 Å². The van der Waals surface area contributed by atoms with E-state index < -0.39 is 9.53 Å². The molecular formula is C8H24N2O3Si. The van der Waals surface area contributed by atoms with Crippen LogP contribution in [-0.4, -0.2) is 50.5 Å². The molecule has 0 aromatic carbocycles. The molecule has 0 unspecified atom stereocenters. The zero-order chi connectivity index (χ0) is 11.2. The van der Waals surface area contributed by atoms with Gasteiger partial charge in [-0.2, -0.15) is 0 Å². The second kappa shape index (κ2) is 15.5. The van der Waals surface area contributed by atoms with Crippen LogP contribution in [0.25, 0.3) is 0 Å². The molecule has 0 amide bonds. The van der Waals surface area contributed by atoms with E-state index in [0.29, 0.717) is 0 Å². The van der Waals surface area contributed by atoms with Crippen LogP contribution in [0.4, 0.5) is 0 Å². The molecule has 0 bridgehead atoms. The van der Waals surface area contributed by atoms with Crippen molar-refractivity contribution in [3.63, 3.8) is 0 Å². The van der Waals surface area contributed by atoms with Gasteiger partial charge in [0.2, 0.25) is 0 Å². The standard InChI is InChI=1S/C5H14N2.C3H10O3Si/c1-2-4-7-5-3-6;1-4-7(5-2)6-3/h7H,2-6H2,1H3;7H,1-3H3. The molecule has 14 heavy (non-hydrogen) atoms. The molecule has 0 rings (SSSR count). The zero-order valence-corrected chi connectivity index (χ0v) is 10.9. The van der Waals surface area contributed by atoms with Crippen LogP contribution in [0.1, 0.15) is 13.3 Å². The highest BCUT2D eigenvalue weighted by molar-refractivity contribution is 6.36. The summed E-state index contributed by atoms with van der Waals surface area (Å²) in [4.78, 5) is 0. The van der Waals surface area contributed by atoms with Crippen molar-refractivity contribution >= 4 is 9.53 Å². The SMILES string of the molecule is CCCNCCN.CO[SiH](OC)OC. The average Bonchev–Trinajstić information content (AvgIpc) is 2.22. The second-order valence-electron chi connectivity index (χ2n) is 2.53. The van der Waals surface area contributed by atoms with Gasteiger partial charge in [0.1, 0.15) is 0 Å². The first-order valence-corrected chi connectivity index (χ1v) is 6.17. The van der Waals surface area contributed by atoms with E-state index in [1.165, 1.54) is 6.42 Å². The van der Waals surface area contributed by atoms with E-state index in [4.69, 9.17) is 19.0 Å². The van der Waals surface area contributed by atoms with E-state index in [1.54, 1.807) is 21.3 Å². The normalized spacial score (nSPS) is 9.86. The minimum atomic E-state index is -1.67. The van der Waals surface area contributed by atoms with Gasteiger partial charge in [-0.15, -0.1) is 0 Å². The number of hydrogen-bond donors (Lipinski definition) is 2. The van der Waals surface area contributed by atoms with E-state index in [9.17, 15) is 0 Å². The molecule has 0 atom stereocenters. The molecule has 0 saturated heterocycles. The lowest BCUT2D eigenvalue weighted by atomic mass is 10.5. The number of nitrogens with one attached hydrogen (secondary N) is 1. The van der Waals surface area contributed by atoms with Crippen molar-refractivity contribution in [2.45, 2.75) is 13.3 Å². The molecule has 0 radical (unpaired) electrons. The van der Waals surface area contributed by atoms with Crippen LogP contribution in [0.15, 0.2) is 0 Å². The predicted octanol–water partition coefficient (Wildman–Crippen LogP) is -0.412. The van der Waals surface area contributed by atoms with E-state index in [0.717, 1.165) is 19.6 Å². The lowest BCUT2D eigenvalue weighted by molar-refractivity contribution is 0.163. The van der Waals surface area contributed by atoms with Crippen LogP contribution >= 0.6 is 0 Å². The third-order valence-electron chi connectivity index (χ3n) is 1.33. The van der Waals surface area contributed by atoms with Crippen LogP contribution < -0.4 is 11.1 Å². The van der Waals surface area contributed by atoms with Crippen LogP contribution in [0.5, 0.6) is 0 Å². The van der Waals surface area contributed by atoms with E-state index in [-0.39, 0.29) is 0 Å². The molecule has 0 spiro atoms. The topological polar surface area (TPSA) is 65.7 Å². The van der Waals surface area contributed by atoms with E-state index in [1.807, 2.05) is 0 Å². The summed E-state index contributed by atoms with van der Waals surface area (Å²) < 4.78 is 14.2. The third kappa shape index (κ3) is 14.5. The summed E-state index contributed by atoms with van der Waals surface area (Å²) in [7, 11) is 3.05. The molecule has 0 aromatic heterocycles. The number of hydrogen-bond acceptors (Lipinski definition) is 5. The lowest BCUT2D eigenvalue weighted by Gasteiger charge is -2.05. The third-order valence-corrected chi connectivity index (χ3v) is 2.48. The van der Waals surface area contributed by atoms with E-state index >= 15 is 0 Å². The first-order chi connectivity index (χ1) is 6.76. The Kier molecular flexibility index (Phi) is 18.2. The van der Waals surface area contributed by atoms with Gasteiger partial charge in [0.15, 0.2) is 0 Å². The molecule has 0 saturated carbocycles. The van der Waals surface area contributed by atoms with Gasteiger partial charge in [0, 0.05) is 34.4 Å². The van der Waals surface area contributed by atoms with Crippen molar-refractivity contribution in [1.29, 1.82) is 0 Å². The van der Waals surface area contributed by atoms with Crippen LogP contribution in [0, 0.1) is 0 Å². The quantitative estimate of drug-likeness (QED) is 0.454. The summed E-state index contributed by atoms with van der Waals surface area (Å²) in [6.45, 7) is 4.94. The minimum Gasteiger partial charge on any atom is -0.379 e. The van der Waals surface area contributed by atoms with Crippen molar-refractivity contribution < 1.29 is 13.3 Å². The Bertz CT molecular complexity index is 85.1. The fourth-order valence-corrected chi connectivity index (χ4v) is 1.27. The highest BCUT2D eigenvalue weighted by Crippen LogP contribution is 1.81. The molecule has 5 nitrogen and oxygen atoms in total. The Balaban J connectivity index is 0. The zero-order valence-electron chi connectivity index (χ0n) is 9.71. The Morgan fingerprint density at radius 1 is 1.07 bits per heavy atom.